The number of carbonyl (C=O) groups excluding carboxylic acids is 1. The molecule has 2 N–H and O–H groups in total. The summed E-state index contributed by atoms with van der Waals surface area (Å²) in [5.41, 5.74) is 7.84. The summed E-state index contributed by atoms with van der Waals surface area (Å²) in [5, 5.41) is 0. The van der Waals surface area contributed by atoms with Gasteiger partial charge in [-0.3, -0.25) is 0 Å². The molecule has 0 aromatic heterocycles. The molecule has 3 rings (SSSR count). The Morgan fingerprint density at radius 1 is 1.15 bits per heavy atom. The average molecular weight is 392 g/mol. The number of amides is 1. The number of nitrogens with zero attached hydrogens (tertiary/aromatic N) is 1. The molecule has 8 heteroatoms. The van der Waals surface area contributed by atoms with Crippen LogP contribution in [0.2, 0.25) is 0 Å². The Labute approximate surface area is 157 Å². The van der Waals surface area contributed by atoms with Crippen molar-refractivity contribution in [2.75, 3.05) is 13.1 Å². The van der Waals surface area contributed by atoms with E-state index in [0.717, 1.165) is 11.1 Å². The van der Waals surface area contributed by atoms with Crippen molar-refractivity contribution in [2.24, 2.45) is 5.73 Å². The predicted molar refractivity (Wildman–Crippen MR) is 98.2 cm³/mol. The Kier molecular flexibility index (Phi) is 5.48. The van der Waals surface area contributed by atoms with Crippen LogP contribution in [0.25, 0.3) is 0 Å². The zero-order valence-corrected chi connectivity index (χ0v) is 15.7. The number of likely N-dealkylation sites (tertiary alicyclic amines) is 1. The van der Waals surface area contributed by atoms with Crippen LogP contribution in [0, 0.1) is 12.7 Å². The maximum absolute atomic E-state index is 13.1. The van der Waals surface area contributed by atoms with Crippen molar-refractivity contribution >= 4 is 16.2 Å². The second-order valence-corrected chi connectivity index (χ2v) is 8.22. The van der Waals surface area contributed by atoms with Gasteiger partial charge in [-0.1, -0.05) is 29.8 Å². The van der Waals surface area contributed by atoms with E-state index in [2.05, 4.69) is 0 Å². The smallest absolute Gasteiger partial charge is 0.327 e. The molecule has 6 nitrogen and oxygen atoms in total. The van der Waals surface area contributed by atoms with Gasteiger partial charge >= 0.3 is 16.2 Å². The maximum atomic E-state index is 13.1. The maximum Gasteiger partial charge on any atom is 0.425 e. The molecular formula is C19H21FN2O4S. The molecule has 0 spiro atoms. The fourth-order valence-corrected chi connectivity index (χ4v) is 3.96. The first-order valence-electron chi connectivity index (χ1n) is 8.57. The summed E-state index contributed by atoms with van der Waals surface area (Å²) in [6.45, 7) is 2.32. The Morgan fingerprint density at radius 3 is 2.41 bits per heavy atom. The van der Waals surface area contributed by atoms with Crippen LogP contribution in [0.3, 0.4) is 0 Å². The van der Waals surface area contributed by atoms with Crippen LogP contribution in [0.1, 0.15) is 23.5 Å². The highest BCUT2D eigenvalue weighted by atomic mass is 32.2. The molecule has 0 unspecified atom stereocenters. The molecule has 0 saturated carbocycles. The van der Waals surface area contributed by atoms with Crippen LogP contribution in [0.4, 0.5) is 9.18 Å². The normalized spacial score (nSPS) is 20.3. The van der Waals surface area contributed by atoms with Crippen molar-refractivity contribution in [3.63, 3.8) is 0 Å². The van der Waals surface area contributed by atoms with Crippen molar-refractivity contribution in [3.05, 3.63) is 65.5 Å². The van der Waals surface area contributed by atoms with E-state index in [1.807, 2.05) is 6.92 Å². The fraction of sp³-hybridized carbons (Fsp3) is 0.316. The van der Waals surface area contributed by atoms with E-state index in [9.17, 15) is 17.6 Å². The number of nitrogens with two attached hydrogens (primary N) is 1. The molecule has 1 fully saturated rings. The van der Waals surface area contributed by atoms with Gasteiger partial charge in [-0.15, -0.1) is 0 Å². The predicted octanol–water partition coefficient (Wildman–Crippen LogP) is 2.78. The van der Waals surface area contributed by atoms with Gasteiger partial charge in [-0.2, -0.15) is 8.42 Å². The average Bonchev–Trinajstić information content (AvgIpc) is 2.63. The number of piperidine rings is 1. The molecule has 1 amide bonds. The van der Waals surface area contributed by atoms with E-state index in [1.165, 1.54) is 29.2 Å². The number of benzene rings is 2. The van der Waals surface area contributed by atoms with Gasteiger partial charge in [0.1, 0.15) is 10.7 Å². The number of hydrogen-bond acceptors (Lipinski definition) is 5. The Balaban J connectivity index is 1.72. The minimum absolute atomic E-state index is 0.0785. The topological polar surface area (TPSA) is 89.7 Å². The summed E-state index contributed by atoms with van der Waals surface area (Å²) >= 11 is 0. The summed E-state index contributed by atoms with van der Waals surface area (Å²) < 4.78 is 42.6. The standard InChI is InChI=1S/C19H21FN2O4S/c1-13-2-8-16(9-3-13)27(24,25)26-19(23)22-11-10-18(21)17(12-22)14-4-6-15(20)7-5-14/h2-9,17-18H,10-12,21H2,1H3/t17-,18+/m0/s1. The van der Waals surface area contributed by atoms with Crippen LogP contribution < -0.4 is 5.73 Å². The quantitative estimate of drug-likeness (QED) is 0.812. The van der Waals surface area contributed by atoms with Crippen molar-refractivity contribution in [1.29, 1.82) is 0 Å². The van der Waals surface area contributed by atoms with E-state index in [-0.39, 0.29) is 29.2 Å². The molecule has 27 heavy (non-hydrogen) atoms. The number of rotatable bonds is 3. The number of hydrogen-bond donors (Lipinski definition) is 1. The zero-order valence-electron chi connectivity index (χ0n) is 14.8. The van der Waals surface area contributed by atoms with Gasteiger partial charge in [-0.25, -0.2) is 9.18 Å². The van der Waals surface area contributed by atoms with Crippen LogP contribution in [0.15, 0.2) is 53.4 Å². The molecule has 0 radical (unpaired) electrons. The van der Waals surface area contributed by atoms with E-state index in [1.54, 1.807) is 24.3 Å². The summed E-state index contributed by atoms with van der Waals surface area (Å²) in [5.74, 6) is -0.586. The summed E-state index contributed by atoms with van der Waals surface area (Å²) in [4.78, 5) is 13.7. The van der Waals surface area contributed by atoms with Gasteiger partial charge < -0.3 is 14.8 Å². The van der Waals surface area contributed by atoms with Gasteiger partial charge in [0.15, 0.2) is 0 Å². The Bertz CT molecular complexity index is 914. The SMILES string of the molecule is Cc1ccc(S(=O)(=O)OC(=O)N2CC[C@@H](N)[C@H](c3ccc(F)cc3)C2)cc1. The highest BCUT2D eigenvalue weighted by Crippen LogP contribution is 2.27. The highest BCUT2D eigenvalue weighted by Gasteiger charge is 2.33. The van der Waals surface area contributed by atoms with Gasteiger partial charge in [0.25, 0.3) is 0 Å². The van der Waals surface area contributed by atoms with Gasteiger partial charge in [0.2, 0.25) is 0 Å². The molecule has 1 aliphatic rings. The van der Waals surface area contributed by atoms with E-state index >= 15 is 0 Å². The first-order chi connectivity index (χ1) is 12.8. The minimum atomic E-state index is -4.20. The first-order valence-corrected chi connectivity index (χ1v) is 9.98. The van der Waals surface area contributed by atoms with E-state index in [0.29, 0.717) is 13.0 Å². The van der Waals surface area contributed by atoms with Crippen molar-refractivity contribution in [2.45, 2.75) is 30.2 Å². The third-order valence-corrected chi connectivity index (χ3v) is 5.92. The molecule has 1 saturated heterocycles. The molecule has 2 aromatic rings. The van der Waals surface area contributed by atoms with Gasteiger partial charge in [0.05, 0.1) is 0 Å². The largest absolute Gasteiger partial charge is 0.425 e. The van der Waals surface area contributed by atoms with Crippen LogP contribution >= 0.6 is 0 Å². The third kappa shape index (κ3) is 4.45. The lowest BCUT2D eigenvalue weighted by Gasteiger charge is -2.36. The molecule has 1 heterocycles. The second-order valence-electron chi connectivity index (χ2n) is 6.67. The molecule has 2 aromatic carbocycles. The molecule has 0 aliphatic carbocycles. The van der Waals surface area contributed by atoms with Crippen molar-refractivity contribution in [3.8, 4) is 0 Å². The molecular weight excluding hydrogens is 371 g/mol. The molecule has 2 atom stereocenters. The molecule has 1 aliphatic heterocycles. The first kappa shape index (κ1) is 19.3. The van der Waals surface area contributed by atoms with Crippen molar-refractivity contribution < 1.29 is 21.8 Å². The lowest BCUT2D eigenvalue weighted by molar-refractivity contribution is 0.134. The summed E-state index contributed by atoms with van der Waals surface area (Å²) in [6.07, 6.45) is -0.448. The lowest BCUT2D eigenvalue weighted by atomic mass is 9.87. The highest BCUT2D eigenvalue weighted by molar-refractivity contribution is 7.87. The van der Waals surface area contributed by atoms with Crippen LogP contribution in [-0.4, -0.2) is 38.5 Å². The summed E-state index contributed by atoms with van der Waals surface area (Å²) in [6, 6.07) is 11.7. The lowest BCUT2D eigenvalue weighted by Crippen LogP contribution is -2.48. The fourth-order valence-electron chi connectivity index (χ4n) is 3.10. The zero-order chi connectivity index (χ0) is 19.6. The van der Waals surface area contributed by atoms with Crippen molar-refractivity contribution in [1.82, 2.24) is 4.90 Å². The molecule has 144 valence electrons. The summed E-state index contributed by atoms with van der Waals surface area (Å²) in [7, 11) is -4.20. The van der Waals surface area contributed by atoms with E-state index in [4.69, 9.17) is 9.92 Å². The third-order valence-electron chi connectivity index (χ3n) is 4.71. The molecule has 0 bridgehead atoms. The second kappa shape index (κ2) is 7.66. The minimum Gasteiger partial charge on any atom is -0.327 e. The van der Waals surface area contributed by atoms with Gasteiger partial charge in [0, 0.05) is 25.0 Å². The Morgan fingerprint density at radius 2 is 1.78 bits per heavy atom. The van der Waals surface area contributed by atoms with Gasteiger partial charge in [-0.05, 0) is 43.2 Å². The number of carbonyl (C=O) groups is 1. The number of aryl methyl sites for hydroxylation is 1. The number of halogens is 1. The Hall–Kier alpha value is -2.45. The van der Waals surface area contributed by atoms with Crippen LogP contribution in [0.5, 0.6) is 0 Å². The van der Waals surface area contributed by atoms with E-state index < -0.39 is 16.2 Å². The van der Waals surface area contributed by atoms with Crippen LogP contribution in [-0.2, 0) is 14.3 Å². The monoisotopic (exact) mass is 392 g/mol.